The summed E-state index contributed by atoms with van der Waals surface area (Å²) in [7, 11) is 0. The summed E-state index contributed by atoms with van der Waals surface area (Å²) in [5.41, 5.74) is 0. The Balaban J connectivity index is 0.000000202. The van der Waals surface area contributed by atoms with E-state index in [4.69, 9.17) is 13.5 Å². The number of hydrogen-bond acceptors (Lipinski definition) is 9. The lowest BCUT2D eigenvalue weighted by molar-refractivity contribution is 0.362. The molecule has 3 aromatic heterocycles. The van der Waals surface area contributed by atoms with Gasteiger partial charge in [-0.15, -0.1) is 10.2 Å². The largest absolute Gasteiger partial charge is 0.425 e. The van der Waals surface area contributed by atoms with Crippen LogP contribution in [0.1, 0.15) is 94.5 Å². The molecule has 0 amide bonds. The molecule has 0 unspecified atom stereocenters. The highest BCUT2D eigenvalue weighted by molar-refractivity contribution is 4.89. The Morgan fingerprint density at radius 2 is 1.26 bits per heavy atom. The first-order valence-electron chi connectivity index (χ1n) is 9.00. The molecule has 3 heterocycles. The number of nitrogens with zero attached hydrogens (tertiary/aromatic N) is 6. The third-order valence-electron chi connectivity index (χ3n) is 3.13. The molecule has 9 heteroatoms. The van der Waals surface area contributed by atoms with Gasteiger partial charge in [-0.2, -0.15) is 9.97 Å². The van der Waals surface area contributed by atoms with Crippen LogP contribution < -0.4 is 0 Å². The van der Waals surface area contributed by atoms with Crippen molar-refractivity contribution in [2.75, 3.05) is 0 Å². The van der Waals surface area contributed by atoms with Gasteiger partial charge in [-0.05, 0) is 6.92 Å². The molecule has 0 bridgehead atoms. The second-order valence-corrected chi connectivity index (χ2v) is 6.97. The van der Waals surface area contributed by atoms with E-state index in [0.29, 0.717) is 47.1 Å². The maximum Gasteiger partial charge on any atom is 0.229 e. The topological polar surface area (TPSA) is 117 Å². The fourth-order valence-electron chi connectivity index (χ4n) is 1.64. The van der Waals surface area contributed by atoms with Crippen molar-refractivity contribution in [3.8, 4) is 0 Å². The van der Waals surface area contributed by atoms with Crippen LogP contribution in [0.25, 0.3) is 0 Å². The summed E-state index contributed by atoms with van der Waals surface area (Å²) >= 11 is 0. The van der Waals surface area contributed by atoms with Crippen molar-refractivity contribution < 1.29 is 13.5 Å². The predicted molar refractivity (Wildman–Crippen MR) is 99.4 cm³/mol. The van der Waals surface area contributed by atoms with Crippen LogP contribution >= 0.6 is 0 Å². The van der Waals surface area contributed by atoms with Crippen LogP contribution in [-0.2, 0) is 0 Å². The summed E-state index contributed by atoms with van der Waals surface area (Å²) in [6.07, 6.45) is 0. The quantitative estimate of drug-likeness (QED) is 0.649. The van der Waals surface area contributed by atoms with Gasteiger partial charge in [0.25, 0.3) is 0 Å². The first kappa shape index (κ1) is 22.5. The average Bonchev–Trinajstić information content (AvgIpc) is 3.30. The molecule has 0 fully saturated rings. The molecule has 3 rings (SSSR count). The van der Waals surface area contributed by atoms with Crippen molar-refractivity contribution >= 4 is 0 Å². The van der Waals surface area contributed by atoms with Crippen LogP contribution in [0.3, 0.4) is 0 Å². The van der Waals surface area contributed by atoms with Crippen molar-refractivity contribution in [1.82, 2.24) is 30.5 Å². The van der Waals surface area contributed by atoms with Gasteiger partial charge >= 0.3 is 0 Å². The van der Waals surface area contributed by atoms with E-state index in [9.17, 15) is 0 Å². The lowest BCUT2D eigenvalue weighted by Gasteiger charge is -1.92. The summed E-state index contributed by atoms with van der Waals surface area (Å²) in [6.45, 7) is 17.5. The van der Waals surface area contributed by atoms with Gasteiger partial charge in [-0.25, -0.2) is 0 Å². The Kier molecular flexibility index (Phi) is 8.77. The third-order valence-corrected chi connectivity index (χ3v) is 3.13. The zero-order valence-corrected chi connectivity index (χ0v) is 17.6. The normalized spacial score (nSPS) is 10.7. The van der Waals surface area contributed by atoms with Gasteiger partial charge in [0.15, 0.2) is 11.6 Å². The minimum Gasteiger partial charge on any atom is -0.425 e. The highest BCUT2D eigenvalue weighted by Crippen LogP contribution is 2.11. The van der Waals surface area contributed by atoms with Crippen molar-refractivity contribution in [2.24, 2.45) is 0 Å². The standard InChI is InChI=1S/3C6H10N2O/c1-4(2)6-8-7-5(3)9-6;1-4(2)6-7-5(3)9-8-6;1-4(2)6-7-5(3)8-9-6/h3*4H,1-3H3. The highest BCUT2D eigenvalue weighted by Gasteiger charge is 2.06. The summed E-state index contributed by atoms with van der Waals surface area (Å²) in [6, 6.07) is 0. The predicted octanol–water partition coefficient (Wildman–Crippen LogP) is 4.50. The van der Waals surface area contributed by atoms with Gasteiger partial charge in [0.1, 0.15) is 0 Å². The molecular formula is C18H30N6O3. The zero-order valence-electron chi connectivity index (χ0n) is 17.6. The Labute approximate surface area is 160 Å². The summed E-state index contributed by atoms with van der Waals surface area (Å²) < 4.78 is 14.8. The number of aryl methyl sites for hydroxylation is 3. The minimum absolute atomic E-state index is 0.339. The fraction of sp³-hybridized carbons (Fsp3) is 0.667. The van der Waals surface area contributed by atoms with Gasteiger partial charge in [0.05, 0.1) is 0 Å². The number of aromatic nitrogens is 6. The Bertz CT molecular complexity index is 683. The monoisotopic (exact) mass is 378 g/mol. The van der Waals surface area contributed by atoms with E-state index in [1.807, 2.05) is 48.5 Å². The van der Waals surface area contributed by atoms with Gasteiger partial charge in [-0.1, -0.05) is 51.9 Å². The van der Waals surface area contributed by atoms with Crippen LogP contribution in [0, 0.1) is 20.8 Å². The van der Waals surface area contributed by atoms with E-state index >= 15 is 0 Å². The molecule has 0 spiro atoms. The van der Waals surface area contributed by atoms with E-state index in [1.54, 1.807) is 13.8 Å². The van der Waals surface area contributed by atoms with Crippen molar-refractivity contribution in [2.45, 2.75) is 80.1 Å². The van der Waals surface area contributed by atoms with Gasteiger partial charge in [-0.3, -0.25) is 0 Å². The van der Waals surface area contributed by atoms with E-state index in [-0.39, 0.29) is 0 Å². The van der Waals surface area contributed by atoms with E-state index in [0.717, 1.165) is 5.82 Å². The first-order valence-corrected chi connectivity index (χ1v) is 9.00. The van der Waals surface area contributed by atoms with E-state index in [2.05, 4.69) is 30.5 Å². The maximum absolute atomic E-state index is 5.12. The summed E-state index contributed by atoms with van der Waals surface area (Å²) in [4.78, 5) is 8.06. The smallest absolute Gasteiger partial charge is 0.229 e. The average molecular weight is 378 g/mol. The van der Waals surface area contributed by atoms with Gasteiger partial charge in [0.2, 0.25) is 23.6 Å². The molecule has 0 aliphatic carbocycles. The second kappa shape index (κ2) is 10.5. The summed E-state index contributed by atoms with van der Waals surface area (Å²) in [5.74, 6) is 5.24. The van der Waals surface area contributed by atoms with E-state index < -0.39 is 0 Å². The van der Waals surface area contributed by atoms with Gasteiger partial charge in [0, 0.05) is 31.6 Å². The van der Waals surface area contributed by atoms with Crippen LogP contribution in [-0.4, -0.2) is 30.5 Å². The Hall–Kier alpha value is -2.58. The van der Waals surface area contributed by atoms with Crippen molar-refractivity contribution in [3.63, 3.8) is 0 Å². The van der Waals surface area contributed by atoms with Crippen LogP contribution in [0.4, 0.5) is 0 Å². The SMILES string of the molecule is Cc1nc(C(C)C)no1.Cc1nnc(C(C)C)o1.Cc1noc(C(C)C)n1. The molecule has 0 atom stereocenters. The molecule has 3 aromatic rings. The maximum atomic E-state index is 5.12. The van der Waals surface area contributed by atoms with Crippen LogP contribution in [0.15, 0.2) is 13.5 Å². The molecule has 0 saturated carbocycles. The van der Waals surface area contributed by atoms with Crippen molar-refractivity contribution in [3.05, 3.63) is 35.2 Å². The van der Waals surface area contributed by atoms with E-state index in [1.165, 1.54) is 0 Å². The molecule has 0 aliphatic heterocycles. The fourth-order valence-corrected chi connectivity index (χ4v) is 1.64. The molecule has 27 heavy (non-hydrogen) atoms. The minimum atomic E-state index is 0.339. The number of rotatable bonds is 3. The lowest BCUT2D eigenvalue weighted by atomic mass is 10.2. The lowest BCUT2D eigenvalue weighted by Crippen LogP contribution is -1.88. The number of hydrogen-bond donors (Lipinski definition) is 0. The first-order chi connectivity index (χ1) is 12.6. The molecule has 0 saturated heterocycles. The summed E-state index contributed by atoms with van der Waals surface area (Å²) in [5, 5.41) is 14.9. The Morgan fingerprint density at radius 1 is 0.630 bits per heavy atom. The molecule has 150 valence electrons. The second-order valence-electron chi connectivity index (χ2n) is 6.97. The van der Waals surface area contributed by atoms with Crippen molar-refractivity contribution in [1.29, 1.82) is 0 Å². The van der Waals surface area contributed by atoms with Gasteiger partial charge < -0.3 is 13.5 Å². The third kappa shape index (κ3) is 8.10. The highest BCUT2D eigenvalue weighted by atomic mass is 16.5. The molecule has 0 N–H and O–H groups in total. The van der Waals surface area contributed by atoms with Crippen LogP contribution in [0.2, 0.25) is 0 Å². The molecule has 0 aromatic carbocycles. The molecule has 0 radical (unpaired) electrons. The zero-order chi connectivity index (χ0) is 20.6. The molecule has 0 aliphatic rings. The molecule has 9 nitrogen and oxygen atoms in total. The molecular weight excluding hydrogens is 348 g/mol. The Morgan fingerprint density at radius 3 is 1.48 bits per heavy atom. The van der Waals surface area contributed by atoms with Crippen LogP contribution in [0.5, 0.6) is 0 Å².